The van der Waals surface area contributed by atoms with E-state index in [9.17, 15) is 4.79 Å². The van der Waals surface area contributed by atoms with Gasteiger partial charge in [-0.3, -0.25) is 4.79 Å². The van der Waals surface area contributed by atoms with Crippen LogP contribution in [0.4, 0.5) is 0 Å². The molecule has 0 fully saturated rings. The molecule has 0 bridgehead atoms. The third kappa shape index (κ3) is 3.35. The zero-order valence-corrected chi connectivity index (χ0v) is 6.70. The number of carbonyl (C=O) groups excluding carboxylic acids is 1. The third-order valence-electron chi connectivity index (χ3n) is 1.12. The second-order valence-corrected chi connectivity index (χ2v) is 1.75. The number of carbonyl (C=O) groups is 1. The van der Waals surface area contributed by atoms with Crippen LogP contribution >= 0.6 is 0 Å². The van der Waals surface area contributed by atoms with Crippen molar-refractivity contribution < 1.29 is 9.53 Å². The van der Waals surface area contributed by atoms with Crippen LogP contribution in [0.25, 0.3) is 0 Å². The highest BCUT2D eigenvalue weighted by molar-refractivity contribution is 5.77. The number of allylic oxidation sites excluding steroid dienone is 3. The Balaban J connectivity index is 4.47. The SMILES string of the molecule is C=N/C(=C\C(C=O)=C/C)OC. The Morgan fingerprint density at radius 1 is 1.64 bits per heavy atom. The number of methoxy groups -OCH3 is 1. The zero-order valence-electron chi connectivity index (χ0n) is 6.70. The minimum Gasteiger partial charge on any atom is -0.481 e. The summed E-state index contributed by atoms with van der Waals surface area (Å²) >= 11 is 0. The molecule has 0 aromatic rings. The molecule has 0 aromatic heterocycles. The molecule has 0 radical (unpaired) electrons. The maximum absolute atomic E-state index is 10.3. The van der Waals surface area contributed by atoms with Gasteiger partial charge in [0.25, 0.3) is 0 Å². The molecule has 0 atom stereocenters. The number of hydrogen-bond acceptors (Lipinski definition) is 3. The Labute approximate surface area is 66.1 Å². The number of rotatable bonds is 4. The first kappa shape index (κ1) is 9.62. The van der Waals surface area contributed by atoms with Crippen LogP contribution in [0, 0.1) is 0 Å². The molecule has 0 saturated heterocycles. The molecule has 0 spiro atoms. The van der Waals surface area contributed by atoms with Gasteiger partial charge in [-0.15, -0.1) is 0 Å². The van der Waals surface area contributed by atoms with Crippen LogP contribution in [0.2, 0.25) is 0 Å². The van der Waals surface area contributed by atoms with Crippen molar-refractivity contribution in [3.8, 4) is 0 Å². The average Bonchev–Trinajstić information content (AvgIpc) is 2.07. The molecular weight excluding hydrogens is 142 g/mol. The van der Waals surface area contributed by atoms with Crippen LogP contribution in [0.5, 0.6) is 0 Å². The third-order valence-corrected chi connectivity index (χ3v) is 1.12. The van der Waals surface area contributed by atoms with Gasteiger partial charge in [0.15, 0.2) is 0 Å². The fourth-order valence-electron chi connectivity index (χ4n) is 0.497. The summed E-state index contributed by atoms with van der Waals surface area (Å²) in [6.45, 7) is 5.03. The molecule has 0 unspecified atom stereocenters. The fraction of sp³-hybridized carbons (Fsp3) is 0.250. The van der Waals surface area contributed by atoms with Gasteiger partial charge in [-0.05, 0) is 13.6 Å². The van der Waals surface area contributed by atoms with Crippen molar-refractivity contribution in [2.75, 3.05) is 7.11 Å². The Hall–Kier alpha value is -1.38. The van der Waals surface area contributed by atoms with Crippen LogP contribution in [-0.2, 0) is 9.53 Å². The first-order chi connectivity index (χ1) is 5.28. The number of aliphatic imine (C=N–C) groups is 1. The summed E-state index contributed by atoms with van der Waals surface area (Å²) in [5.41, 5.74) is 0.522. The van der Waals surface area contributed by atoms with E-state index in [-0.39, 0.29) is 0 Å². The lowest BCUT2D eigenvalue weighted by Gasteiger charge is -1.96. The molecule has 0 amide bonds. The number of nitrogens with zero attached hydrogens (tertiary/aromatic N) is 1. The molecule has 3 nitrogen and oxygen atoms in total. The largest absolute Gasteiger partial charge is 0.481 e. The van der Waals surface area contributed by atoms with Gasteiger partial charge in [0.1, 0.15) is 6.29 Å². The summed E-state index contributed by atoms with van der Waals surface area (Å²) in [6.07, 6.45) is 3.90. The Kier molecular flexibility index (Phi) is 4.73. The van der Waals surface area contributed by atoms with Crippen molar-refractivity contribution in [3.63, 3.8) is 0 Å². The number of ether oxygens (including phenoxy) is 1. The molecule has 11 heavy (non-hydrogen) atoms. The summed E-state index contributed by atoms with van der Waals surface area (Å²) in [5, 5.41) is 0. The van der Waals surface area contributed by atoms with Crippen LogP contribution in [0.1, 0.15) is 6.92 Å². The van der Waals surface area contributed by atoms with E-state index in [1.54, 1.807) is 13.0 Å². The van der Waals surface area contributed by atoms with E-state index in [0.717, 1.165) is 6.29 Å². The normalized spacial score (nSPS) is 12.5. The van der Waals surface area contributed by atoms with E-state index in [2.05, 4.69) is 11.7 Å². The van der Waals surface area contributed by atoms with E-state index >= 15 is 0 Å². The van der Waals surface area contributed by atoms with Gasteiger partial charge in [0, 0.05) is 11.6 Å². The second-order valence-electron chi connectivity index (χ2n) is 1.75. The molecular formula is C8H11NO2. The summed E-state index contributed by atoms with van der Waals surface area (Å²) < 4.78 is 4.77. The van der Waals surface area contributed by atoms with Gasteiger partial charge >= 0.3 is 0 Å². The minimum absolute atomic E-state index is 0.338. The van der Waals surface area contributed by atoms with Crippen molar-refractivity contribution in [1.29, 1.82) is 0 Å². The lowest BCUT2D eigenvalue weighted by molar-refractivity contribution is -0.104. The van der Waals surface area contributed by atoms with E-state index in [4.69, 9.17) is 4.74 Å². The highest BCUT2D eigenvalue weighted by Crippen LogP contribution is 2.01. The first-order valence-electron chi connectivity index (χ1n) is 3.12. The minimum atomic E-state index is 0.338. The molecule has 0 rings (SSSR count). The standard InChI is InChI=1S/C8H11NO2/c1-4-7(6-10)5-8(9-2)11-3/h4-6H,2H2,1,3H3/b7-4+,8-5+. The highest BCUT2D eigenvalue weighted by Gasteiger charge is 1.92. The van der Waals surface area contributed by atoms with Crippen LogP contribution in [0.3, 0.4) is 0 Å². The fourth-order valence-corrected chi connectivity index (χ4v) is 0.497. The number of aldehydes is 1. The first-order valence-corrected chi connectivity index (χ1v) is 3.12. The van der Waals surface area contributed by atoms with Gasteiger partial charge in [0.05, 0.1) is 7.11 Å². The molecule has 0 saturated carbocycles. The van der Waals surface area contributed by atoms with Crippen LogP contribution in [0.15, 0.2) is 28.6 Å². The molecule has 60 valence electrons. The van der Waals surface area contributed by atoms with Gasteiger partial charge in [-0.25, -0.2) is 4.99 Å². The predicted octanol–water partition coefficient (Wildman–Crippen LogP) is 1.32. The average molecular weight is 153 g/mol. The maximum atomic E-state index is 10.3. The van der Waals surface area contributed by atoms with E-state index in [1.807, 2.05) is 0 Å². The lowest BCUT2D eigenvalue weighted by Crippen LogP contribution is -1.85. The van der Waals surface area contributed by atoms with Gasteiger partial charge in [0.2, 0.25) is 5.88 Å². The smallest absolute Gasteiger partial charge is 0.212 e. The molecule has 0 aliphatic rings. The molecule has 0 aromatic carbocycles. The Morgan fingerprint density at radius 3 is 2.55 bits per heavy atom. The van der Waals surface area contributed by atoms with Gasteiger partial charge in [-0.1, -0.05) is 6.08 Å². The summed E-state index contributed by atoms with van der Waals surface area (Å²) in [4.78, 5) is 13.8. The van der Waals surface area contributed by atoms with Crippen molar-refractivity contribution >= 4 is 13.0 Å². The van der Waals surface area contributed by atoms with E-state index in [1.165, 1.54) is 13.2 Å². The van der Waals surface area contributed by atoms with Crippen molar-refractivity contribution in [3.05, 3.63) is 23.6 Å². The van der Waals surface area contributed by atoms with E-state index in [0.29, 0.717) is 11.5 Å². The monoisotopic (exact) mass is 153 g/mol. The summed E-state index contributed by atoms with van der Waals surface area (Å²) in [5.74, 6) is 0.338. The Morgan fingerprint density at radius 2 is 2.27 bits per heavy atom. The van der Waals surface area contributed by atoms with Crippen molar-refractivity contribution in [2.45, 2.75) is 6.92 Å². The van der Waals surface area contributed by atoms with Crippen molar-refractivity contribution in [1.82, 2.24) is 0 Å². The van der Waals surface area contributed by atoms with Gasteiger partial charge < -0.3 is 4.74 Å². The van der Waals surface area contributed by atoms with E-state index < -0.39 is 0 Å². The summed E-state index contributed by atoms with van der Waals surface area (Å²) in [7, 11) is 1.47. The molecule has 0 aliphatic heterocycles. The quantitative estimate of drug-likeness (QED) is 0.201. The second kappa shape index (κ2) is 5.41. The molecule has 0 N–H and O–H groups in total. The summed E-state index contributed by atoms with van der Waals surface area (Å²) in [6, 6.07) is 0. The Bertz CT molecular complexity index is 204. The molecule has 3 heteroatoms. The zero-order chi connectivity index (χ0) is 8.69. The van der Waals surface area contributed by atoms with Crippen molar-refractivity contribution in [2.24, 2.45) is 4.99 Å². The molecule has 0 aliphatic carbocycles. The highest BCUT2D eigenvalue weighted by atomic mass is 16.5. The maximum Gasteiger partial charge on any atom is 0.212 e. The van der Waals surface area contributed by atoms with Gasteiger partial charge in [-0.2, -0.15) is 0 Å². The topological polar surface area (TPSA) is 38.7 Å². The molecule has 0 heterocycles. The lowest BCUT2D eigenvalue weighted by atomic mass is 10.3. The predicted molar refractivity (Wildman–Crippen MR) is 44.5 cm³/mol. The van der Waals surface area contributed by atoms with Crippen LogP contribution in [-0.4, -0.2) is 20.1 Å². The number of hydrogen-bond donors (Lipinski definition) is 0. The van der Waals surface area contributed by atoms with Crippen LogP contribution < -0.4 is 0 Å².